The molecule has 0 unspecified atom stereocenters. The van der Waals surface area contributed by atoms with Crippen LogP contribution in [0.15, 0.2) is 22.7 Å². The van der Waals surface area contributed by atoms with Crippen LogP contribution in [0.25, 0.3) is 0 Å². The van der Waals surface area contributed by atoms with Crippen molar-refractivity contribution in [2.75, 3.05) is 0 Å². The Morgan fingerprint density at radius 3 is 2.62 bits per heavy atom. The fraction of sp³-hybridized carbons (Fsp3) is 0.571. The van der Waals surface area contributed by atoms with Gasteiger partial charge >= 0.3 is 0 Å². The first-order valence-corrected chi connectivity index (χ1v) is 9.11. The first-order valence-electron chi connectivity index (χ1n) is 6.77. The quantitative estimate of drug-likeness (QED) is 0.872. The fourth-order valence-corrected chi connectivity index (χ4v) is 3.74. The van der Waals surface area contributed by atoms with Gasteiger partial charge in [0.15, 0.2) is 0 Å². The average Bonchev–Trinajstić information content (AvgIpc) is 2.81. The first-order chi connectivity index (χ1) is 9.63. The fourth-order valence-electron chi connectivity index (χ4n) is 2.80. The normalized spacial score (nSPS) is 23.3. The molecule has 0 saturated heterocycles. The third kappa shape index (κ3) is 3.40. The van der Waals surface area contributed by atoms with E-state index in [2.05, 4.69) is 15.9 Å². The van der Waals surface area contributed by atoms with Gasteiger partial charge in [-0.25, -0.2) is 17.9 Å². The van der Waals surface area contributed by atoms with Crippen LogP contribution in [0.4, 0.5) is 4.39 Å². The summed E-state index contributed by atoms with van der Waals surface area (Å²) >= 11 is 3.09. The highest BCUT2D eigenvalue weighted by Crippen LogP contribution is 2.40. The summed E-state index contributed by atoms with van der Waals surface area (Å²) < 4.78 is 42.2. The van der Waals surface area contributed by atoms with E-state index in [1.165, 1.54) is 6.07 Å². The topological polar surface area (TPSA) is 69.4 Å². The number of rotatable bonds is 4. The summed E-state index contributed by atoms with van der Waals surface area (Å²) in [6.45, 7) is 3.24. The molecule has 0 amide bonds. The summed E-state index contributed by atoms with van der Waals surface area (Å²) in [5.74, 6) is -0.218. The third-order valence-corrected chi connectivity index (χ3v) is 6.67. The molecule has 1 fully saturated rings. The molecule has 4 nitrogen and oxygen atoms in total. The van der Waals surface area contributed by atoms with Crippen LogP contribution in [0.5, 0.6) is 5.75 Å². The lowest BCUT2D eigenvalue weighted by Crippen LogP contribution is -2.48. The van der Waals surface area contributed by atoms with Crippen molar-refractivity contribution in [2.24, 2.45) is 11.1 Å². The minimum Gasteiger partial charge on any atom is -0.490 e. The van der Waals surface area contributed by atoms with Gasteiger partial charge in [0.25, 0.3) is 0 Å². The Labute approximate surface area is 133 Å². The van der Waals surface area contributed by atoms with Crippen LogP contribution < -0.4 is 9.88 Å². The SMILES string of the molecule is CC(C)([C@H]1CCC[C@H]1Oc1ccc(Br)c(F)c1)S(N)(=O)=O. The predicted molar refractivity (Wildman–Crippen MR) is 83.0 cm³/mol. The van der Waals surface area contributed by atoms with Gasteiger partial charge in [-0.15, -0.1) is 0 Å². The molecule has 21 heavy (non-hydrogen) atoms. The Balaban J connectivity index is 2.21. The molecular formula is C14H19BrFNO3S. The van der Waals surface area contributed by atoms with Crippen LogP contribution in [0.3, 0.4) is 0 Å². The first kappa shape index (κ1) is 16.7. The van der Waals surface area contributed by atoms with Gasteiger partial charge in [0.2, 0.25) is 10.0 Å². The van der Waals surface area contributed by atoms with Gasteiger partial charge in [0.05, 0.1) is 9.22 Å². The maximum Gasteiger partial charge on any atom is 0.214 e. The predicted octanol–water partition coefficient (Wildman–Crippen LogP) is 3.20. The number of nitrogens with two attached hydrogens (primary N) is 1. The molecule has 2 atom stereocenters. The van der Waals surface area contributed by atoms with Crippen molar-refractivity contribution in [1.82, 2.24) is 0 Å². The van der Waals surface area contributed by atoms with E-state index in [4.69, 9.17) is 9.88 Å². The molecular weight excluding hydrogens is 361 g/mol. The monoisotopic (exact) mass is 379 g/mol. The molecule has 0 bridgehead atoms. The molecule has 1 aliphatic carbocycles. The second kappa shape index (κ2) is 5.85. The van der Waals surface area contributed by atoms with Gasteiger partial charge in [0.1, 0.15) is 17.7 Å². The van der Waals surface area contributed by atoms with Crippen molar-refractivity contribution in [1.29, 1.82) is 0 Å². The number of primary sulfonamides is 1. The van der Waals surface area contributed by atoms with Gasteiger partial charge < -0.3 is 4.74 Å². The molecule has 2 rings (SSSR count). The zero-order chi connectivity index (χ0) is 15.8. The summed E-state index contributed by atoms with van der Waals surface area (Å²) in [6.07, 6.45) is 2.06. The Kier molecular flexibility index (Phi) is 4.66. The van der Waals surface area contributed by atoms with Crippen molar-refractivity contribution < 1.29 is 17.5 Å². The smallest absolute Gasteiger partial charge is 0.214 e. The van der Waals surface area contributed by atoms with Crippen molar-refractivity contribution in [3.05, 3.63) is 28.5 Å². The lowest BCUT2D eigenvalue weighted by Gasteiger charge is -2.33. The van der Waals surface area contributed by atoms with E-state index >= 15 is 0 Å². The van der Waals surface area contributed by atoms with Crippen molar-refractivity contribution in [3.8, 4) is 5.75 Å². The Hall–Kier alpha value is -0.660. The molecule has 0 heterocycles. The van der Waals surface area contributed by atoms with E-state index in [1.54, 1.807) is 26.0 Å². The summed E-state index contributed by atoms with van der Waals surface area (Å²) in [5, 5.41) is 5.34. The van der Waals surface area contributed by atoms with E-state index in [0.717, 1.165) is 19.3 Å². The number of hydrogen-bond acceptors (Lipinski definition) is 3. The van der Waals surface area contributed by atoms with E-state index in [1.807, 2.05) is 0 Å². The van der Waals surface area contributed by atoms with Crippen LogP contribution in [0.2, 0.25) is 0 Å². The molecule has 1 aliphatic rings. The highest BCUT2D eigenvalue weighted by atomic mass is 79.9. The molecule has 0 radical (unpaired) electrons. The number of benzene rings is 1. The Morgan fingerprint density at radius 2 is 2.05 bits per heavy atom. The van der Waals surface area contributed by atoms with Gasteiger partial charge in [-0.3, -0.25) is 0 Å². The number of halogens is 2. The number of sulfonamides is 1. The molecule has 0 aromatic heterocycles. The highest BCUT2D eigenvalue weighted by molar-refractivity contribution is 9.10. The second-order valence-corrected chi connectivity index (χ2v) is 8.91. The van der Waals surface area contributed by atoms with E-state index in [-0.39, 0.29) is 12.0 Å². The molecule has 1 saturated carbocycles. The van der Waals surface area contributed by atoms with E-state index in [9.17, 15) is 12.8 Å². The zero-order valence-electron chi connectivity index (χ0n) is 12.0. The van der Waals surface area contributed by atoms with E-state index < -0.39 is 20.6 Å². The summed E-state index contributed by atoms with van der Waals surface area (Å²) in [6, 6.07) is 4.52. The van der Waals surface area contributed by atoms with Crippen molar-refractivity contribution in [3.63, 3.8) is 0 Å². The second-order valence-electron chi connectivity index (χ2n) is 5.92. The van der Waals surface area contributed by atoms with E-state index in [0.29, 0.717) is 10.2 Å². The zero-order valence-corrected chi connectivity index (χ0v) is 14.4. The molecule has 118 valence electrons. The Morgan fingerprint density at radius 1 is 1.38 bits per heavy atom. The van der Waals surface area contributed by atoms with Crippen LogP contribution in [-0.4, -0.2) is 19.3 Å². The summed E-state index contributed by atoms with van der Waals surface area (Å²) in [4.78, 5) is 0. The molecule has 2 N–H and O–H groups in total. The largest absolute Gasteiger partial charge is 0.490 e. The van der Waals surface area contributed by atoms with Gasteiger partial charge in [-0.05, 0) is 61.2 Å². The average molecular weight is 380 g/mol. The Bertz CT molecular complexity index is 633. The molecule has 1 aromatic carbocycles. The summed E-state index contributed by atoms with van der Waals surface area (Å²) in [7, 11) is -3.69. The van der Waals surface area contributed by atoms with Crippen LogP contribution in [0.1, 0.15) is 33.1 Å². The van der Waals surface area contributed by atoms with Crippen LogP contribution >= 0.6 is 15.9 Å². The van der Waals surface area contributed by atoms with Gasteiger partial charge in [0, 0.05) is 12.0 Å². The molecule has 7 heteroatoms. The van der Waals surface area contributed by atoms with Gasteiger partial charge in [-0.2, -0.15) is 0 Å². The minimum atomic E-state index is -3.69. The maximum atomic E-state index is 13.5. The highest BCUT2D eigenvalue weighted by Gasteiger charge is 2.47. The van der Waals surface area contributed by atoms with Crippen LogP contribution in [0, 0.1) is 11.7 Å². The van der Waals surface area contributed by atoms with Crippen LogP contribution in [-0.2, 0) is 10.0 Å². The van der Waals surface area contributed by atoms with Gasteiger partial charge in [-0.1, -0.05) is 0 Å². The minimum absolute atomic E-state index is 0.209. The number of hydrogen-bond donors (Lipinski definition) is 1. The third-order valence-electron chi connectivity index (χ3n) is 4.26. The molecule has 0 spiro atoms. The maximum absolute atomic E-state index is 13.5. The lowest BCUT2D eigenvalue weighted by atomic mass is 9.91. The van der Waals surface area contributed by atoms with Crippen molar-refractivity contribution >= 4 is 26.0 Å². The molecule has 1 aromatic rings. The lowest BCUT2D eigenvalue weighted by molar-refractivity contribution is 0.138. The van der Waals surface area contributed by atoms with Crippen molar-refractivity contribution in [2.45, 2.75) is 44.0 Å². The standard InChI is InChI=1S/C14H19BrFNO3S/c1-14(2,21(17,18)19)10-4-3-5-13(10)20-9-6-7-11(15)12(16)8-9/h6-8,10,13H,3-5H2,1-2H3,(H2,17,18,19)/t10-,13+/m0/s1. The molecule has 0 aliphatic heterocycles. The number of ether oxygens (including phenoxy) is 1. The summed E-state index contributed by atoms with van der Waals surface area (Å²) in [5.41, 5.74) is 0.